The number of ether oxygens (including phenoxy) is 1. The summed E-state index contributed by atoms with van der Waals surface area (Å²) in [5, 5.41) is 3.37. The van der Waals surface area contributed by atoms with Crippen LogP contribution in [0.4, 0.5) is 0 Å². The van der Waals surface area contributed by atoms with Crippen LogP contribution in [-0.4, -0.2) is 28.3 Å². The number of aldehydes is 1. The zero-order valence-electron chi connectivity index (χ0n) is 15.6. The van der Waals surface area contributed by atoms with Gasteiger partial charge in [0.2, 0.25) is 0 Å². The minimum atomic E-state index is -0.551. The summed E-state index contributed by atoms with van der Waals surface area (Å²) < 4.78 is 6.12. The van der Waals surface area contributed by atoms with Crippen LogP contribution in [0.2, 0.25) is 0 Å². The molecule has 1 aliphatic carbocycles. The number of nitrogens with zero attached hydrogens (tertiary/aromatic N) is 2. The lowest BCUT2D eigenvalue weighted by Gasteiger charge is -2.44. The first kappa shape index (κ1) is 18.3. The van der Waals surface area contributed by atoms with Gasteiger partial charge in [0.1, 0.15) is 17.1 Å². The molecule has 6 heteroatoms. The van der Waals surface area contributed by atoms with E-state index in [-0.39, 0.29) is 0 Å². The summed E-state index contributed by atoms with van der Waals surface area (Å²) >= 11 is 0. The summed E-state index contributed by atoms with van der Waals surface area (Å²) in [7, 11) is 1.74. The van der Waals surface area contributed by atoms with Crippen LogP contribution in [0.15, 0.2) is 36.3 Å². The fourth-order valence-corrected chi connectivity index (χ4v) is 3.98. The Hall–Kier alpha value is -2.47. The molecule has 2 aromatic heterocycles. The molecule has 6 nitrogen and oxygen atoms in total. The van der Waals surface area contributed by atoms with Crippen molar-refractivity contribution in [1.29, 1.82) is 0 Å². The van der Waals surface area contributed by atoms with Crippen molar-refractivity contribution in [3.05, 3.63) is 59.1 Å². The van der Waals surface area contributed by atoms with Crippen LogP contribution in [0.5, 0.6) is 0 Å². The van der Waals surface area contributed by atoms with Gasteiger partial charge in [-0.25, -0.2) is 4.98 Å². The van der Waals surface area contributed by atoms with E-state index in [2.05, 4.69) is 33.4 Å². The Balaban J connectivity index is 1.92. The molecule has 1 aliphatic rings. The Kier molecular flexibility index (Phi) is 5.52. The number of aromatic nitrogens is 3. The number of hydrogen-bond donors (Lipinski definition) is 2. The standard InChI is InChI=1S/C20H26N4O2/c1-14-5-4-6-17(11-21-12-19-23-10-15(2)24-19)20(14,26-3)16-7-8-22-18(9-16)13-25/h7-11,13-14,21H,4-6,12H2,1-3H3,(H,23,24)/b17-11+. The molecule has 2 N–H and O–H groups in total. The lowest BCUT2D eigenvalue weighted by atomic mass is 9.69. The lowest BCUT2D eigenvalue weighted by molar-refractivity contribution is -0.0434. The van der Waals surface area contributed by atoms with Gasteiger partial charge in [-0.05, 0) is 61.6 Å². The molecular formula is C20H26N4O2. The molecule has 0 saturated heterocycles. The van der Waals surface area contributed by atoms with Gasteiger partial charge < -0.3 is 15.0 Å². The number of carbonyl (C=O) groups excluding carboxylic acids is 1. The van der Waals surface area contributed by atoms with E-state index in [1.54, 1.807) is 13.3 Å². The molecule has 3 rings (SSSR count). The minimum Gasteiger partial charge on any atom is -0.384 e. The van der Waals surface area contributed by atoms with Crippen molar-refractivity contribution in [1.82, 2.24) is 20.3 Å². The van der Waals surface area contributed by atoms with Crippen LogP contribution in [0, 0.1) is 12.8 Å². The molecule has 2 atom stereocenters. The van der Waals surface area contributed by atoms with E-state index in [9.17, 15) is 4.79 Å². The van der Waals surface area contributed by atoms with E-state index >= 15 is 0 Å². The zero-order chi connectivity index (χ0) is 18.6. The monoisotopic (exact) mass is 354 g/mol. The maximum absolute atomic E-state index is 11.2. The number of pyridine rings is 1. The smallest absolute Gasteiger partial charge is 0.168 e. The van der Waals surface area contributed by atoms with Crippen LogP contribution < -0.4 is 5.32 Å². The summed E-state index contributed by atoms with van der Waals surface area (Å²) in [5.74, 6) is 1.19. The molecule has 138 valence electrons. The van der Waals surface area contributed by atoms with Gasteiger partial charge in [-0.2, -0.15) is 0 Å². The van der Waals surface area contributed by atoms with Crippen molar-refractivity contribution >= 4 is 6.29 Å². The largest absolute Gasteiger partial charge is 0.384 e. The molecule has 0 spiro atoms. The van der Waals surface area contributed by atoms with E-state index < -0.39 is 5.60 Å². The highest BCUT2D eigenvalue weighted by Gasteiger charge is 2.44. The first-order chi connectivity index (χ1) is 12.6. The Morgan fingerprint density at radius 2 is 2.31 bits per heavy atom. The average molecular weight is 354 g/mol. The number of H-pyrrole nitrogens is 1. The van der Waals surface area contributed by atoms with E-state index in [1.165, 1.54) is 5.57 Å². The van der Waals surface area contributed by atoms with Crippen molar-refractivity contribution in [2.24, 2.45) is 5.92 Å². The lowest BCUT2D eigenvalue weighted by Crippen LogP contribution is -2.41. The first-order valence-electron chi connectivity index (χ1n) is 9.00. The quantitative estimate of drug-likeness (QED) is 0.778. The average Bonchev–Trinajstić information content (AvgIpc) is 3.07. The van der Waals surface area contributed by atoms with E-state index in [1.807, 2.05) is 25.3 Å². The van der Waals surface area contributed by atoms with Gasteiger partial charge in [0.25, 0.3) is 0 Å². The Morgan fingerprint density at radius 3 is 3.00 bits per heavy atom. The minimum absolute atomic E-state index is 0.294. The molecule has 0 radical (unpaired) electrons. The zero-order valence-corrected chi connectivity index (χ0v) is 15.6. The highest BCUT2D eigenvalue weighted by atomic mass is 16.5. The highest BCUT2D eigenvalue weighted by molar-refractivity contribution is 5.72. The van der Waals surface area contributed by atoms with Gasteiger partial charge in [0.05, 0.1) is 6.54 Å². The molecule has 0 bridgehead atoms. The molecule has 26 heavy (non-hydrogen) atoms. The van der Waals surface area contributed by atoms with Gasteiger partial charge >= 0.3 is 0 Å². The van der Waals surface area contributed by atoms with Crippen LogP contribution in [0.3, 0.4) is 0 Å². The summed E-state index contributed by atoms with van der Waals surface area (Å²) in [5.41, 5.74) is 3.09. The van der Waals surface area contributed by atoms with E-state index in [0.29, 0.717) is 18.2 Å². The maximum atomic E-state index is 11.2. The second-order valence-electron chi connectivity index (χ2n) is 6.88. The molecular weight excluding hydrogens is 328 g/mol. The number of nitrogens with one attached hydrogen (secondary N) is 2. The molecule has 0 amide bonds. The van der Waals surface area contributed by atoms with E-state index in [4.69, 9.17) is 4.74 Å². The number of methoxy groups -OCH3 is 1. The number of imidazole rings is 1. The number of aromatic amines is 1. The maximum Gasteiger partial charge on any atom is 0.168 e. The summed E-state index contributed by atoms with van der Waals surface area (Å²) in [6.07, 6.45) is 9.47. The molecule has 0 aliphatic heterocycles. The summed E-state index contributed by atoms with van der Waals surface area (Å²) in [6, 6.07) is 3.78. The van der Waals surface area contributed by atoms with Crippen LogP contribution in [-0.2, 0) is 16.9 Å². The van der Waals surface area contributed by atoms with Gasteiger partial charge in [0, 0.05) is 25.2 Å². The second-order valence-corrected chi connectivity index (χ2v) is 6.88. The molecule has 2 unspecified atom stereocenters. The summed E-state index contributed by atoms with van der Waals surface area (Å²) in [6.45, 7) is 4.82. The number of hydrogen-bond acceptors (Lipinski definition) is 5. The molecule has 1 fully saturated rings. The van der Waals surface area contributed by atoms with Crippen LogP contribution >= 0.6 is 0 Å². The summed E-state index contributed by atoms with van der Waals surface area (Å²) in [4.78, 5) is 22.8. The van der Waals surface area contributed by atoms with Gasteiger partial charge in [-0.15, -0.1) is 0 Å². The topological polar surface area (TPSA) is 79.9 Å². The van der Waals surface area contributed by atoms with Crippen molar-refractivity contribution in [2.75, 3.05) is 7.11 Å². The number of carbonyl (C=O) groups is 1. The molecule has 1 saturated carbocycles. The van der Waals surface area contributed by atoms with Crippen molar-refractivity contribution in [2.45, 2.75) is 45.3 Å². The fourth-order valence-electron chi connectivity index (χ4n) is 3.98. The van der Waals surface area contributed by atoms with Gasteiger partial charge in [-0.3, -0.25) is 9.78 Å². The highest BCUT2D eigenvalue weighted by Crippen LogP contribution is 2.47. The first-order valence-corrected chi connectivity index (χ1v) is 9.00. The second kappa shape index (κ2) is 7.83. The van der Waals surface area contributed by atoms with Crippen molar-refractivity contribution < 1.29 is 9.53 Å². The van der Waals surface area contributed by atoms with E-state index in [0.717, 1.165) is 42.6 Å². The third-order valence-corrected chi connectivity index (χ3v) is 5.21. The third-order valence-electron chi connectivity index (χ3n) is 5.21. The van der Waals surface area contributed by atoms with Crippen molar-refractivity contribution in [3.63, 3.8) is 0 Å². The Morgan fingerprint density at radius 1 is 1.46 bits per heavy atom. The Labute approximate surface area is 154 Å². The van der Waals surface area contributed by atoms with Gasteiger partial charge in [0.15, 0.2) is 6.29 Å². The SMILES string of the molecule is COC1(c2ccnc(C=O)c2)/C(=C/NCc2ncc(C)[nH]2)CCCC1C. The number of rotatable bonds is 6. The fraction of sp³-hybridized carbons (Fsp3) is 0.450. The third kappa shape index (κ3) is 3.42. The normalized spacial score (nSPS) is 24.6. The molecule has 2 heterocycles. The molecule has 0 aromatic carbocycles. The predicted molar refractivity (Wildman–Crippen MR) is 99.6 cm³/mol. The van der Waals surface area contributed by atoms with Crippen molar-refractivity contribution in [3.8, 4) is 0 Å². The Bertz CT molecular complexity index is 799. The predicted octanol–water partition coefficient (Wildman–Crippen LogP) is 3.26. The van der Waals surface area contributed by atoms with Crippen LogP contribution in [0.1, 0.15) is 53.8 Å². The molecule has 2 aromatic rings. The van der Waals surface area contributed by atoms with Crippen LogP contribution in [0.25, 0.3) is 0 Å². The van der Waals surface area contributed by atoms with Gasteiger partial charge in [-0.1, -0.05) is 6.92 Å². The number of aryl methyl sites for hydroxylation is 1.